The largest absolute Gasteiger partial charge is 0.305 e. The quantitative estimate of drug-likeness (QED) is 0.639. The maximum absolute atomic E-state index is 12.6. The first-order valence-corrected chi connectivity index (χ1v) is 9.58. The lowest BCUT2D eigenvalue weighted by atomic mass is 10.1. The van der Waals surface area contributed by atoms with E-state index >= 15 is 0 Å². The highest BCUT2D eigenvalue weighted by atomic mass is 32.2. The zero-order valence-corrected chi connectivity index (χ0v) is 13.5. The van der Waals surface area contributed by atoms with Gasteiger partial charge in [-0.1, -0.05) is 25.7 Å². The molecule has 0 aromatic carbocycles. The van der Waals surface area contributed by atoms with E-state index in [1.54, 1.807) is 4.90 Å². The van der Waals surface area contributed by atoms with E-state index in [9.17, 15) is 9.59 Å². The van der Waals surface area contributed by atoms with Crippen LogP contribution in [0, 0.1) is 5.92 Å². The number of amides is 2. The van der Waals surface area contributed by atoms with Gasteiger partial charge in [0.2, 0.25) is 11.8 Å². The van der Waals surface area contributed by atoms with E-state index in [4.69, 9.17) is 0 Å². The van der Waals surface area contributed by atoms with Crippen LogP contribution in [-0.2, 0) is 9.59 Å². The van der Waals surface area contributed by atoms with Crippen LogP contribution in [0.5, 0.6) is 0 Å². The van der Waals surface area contributed by atoms with Gasteiger partial charge in [-0.25, -0.2) is 0 Å². The van der Waals surface area contributed by atoms with Crippen LogP contribution in [0.3, 0.4) is 0 Å². The Labute approximate surface area is 131 Å². The van der Waals surface area contributed by atoms with Crippen LogP contribution in [0.25, 0.3) is 0 Å². The van der Waals surface area contributed by atoms with Crippen molar-refractivity contribution in [2.45, 2.75) is 63.5 Å². The van der Waals surface area contributed by atoms with Gasteiger partial charge in [-0.2, -0.15) is 11.8 Å². The maximum atomic E-state index is 12.6. The Kier molecular flexibility index (Phi) is 5.22. The summed E-state index contributed by atoms with van der Waals surface area (Å²) in [7, 11) is 0. The van der Waals surface area contributed by atoms with Crippen LogP contribution < -0.4 is 5.32 Å². The van der Waals surface area contributed by atoms with E-state index in [1.807, 2.05) is 11.8 Å². The van der Waals surface area contributed by atoms with Gasteiger partial charge in [-0.05, 0) is 43.2 Å². The highest BCUT2D eigenvalue weighted by molar-refractivity contribution is 7.99. The standard InChI is InChI=1S/C16H26N2O2S/c19-15-9-14(17-10-12-7-8-21-11-12)16(20)18(15)13-5-3-1-2-4-6-13/h12-14,17H,1-11H2. The van der Waals surface area contributed by atoms with Crippen molar-refractivity contribution in [2.75, 3.05) is 18.1 Å². The molecule has 2 heterocycles. The summed E-state index contributed by atoms with van der Waals surface area (Å²) >= 11 is 1.99. The first-order valence-electron chi connectivity index (χ1n) is 8.42. The number of likely N-dealkylation sites (tertiary alicyclic amines) is 1. The van der Waals surface area contributed by atoms with Crippen LogP contribution in [0.1, 0.15) is 51.4 Å². The molecule has 2 unspecified atom stereocenters. The predicted octanol–water partition coefficient (Wildman–Crippen LogP) is 2.18. The van der Waals surface area contributed by atoms with Gasteiger partial charge in [0.15, 0.2) is 0 Å². The number of carbonyl (C=O) groups excluding carboxylic acids is 2. The molecule has 21 heavy (non-hydrogen) atoms. The van der Waals surface area contributed by atoms with Crippen molar-refractivity contribution in [3.63, 3.8) is 0 Å². The van der Waals surface area contributed by atoms with Gasteiger partial charge in [0.05, 0.1) is 12.5 Å². The molecule has 0 radical (unpaired) electrons. The number of hydrogen-bond acceptors (Lipinski definition) is 4. The second-order valence-corrected chi connectivity index (χ2v) is 7.79. The molecule has 2 saturated heterocycles. The summed E-state index contributed by atoms with van der Waals surface area (Å²) in [5, 5.41) is 3.36. The minimum absolute atomic E-state index is 0.0394. The minimum Gasteiger partial charge on any atom is -0.305 e. The third kappa shape index (κ3) is 3.62. The van der Waals surface area contributed by atoms with Crippen LogP contribution in [0.4, 0.5) is 0 Å². The molecule has 118 valence electrons. The highest BCUT2D eigenvalue weighted by Crippen LogP contribution is 2.27. The fourth-order valence-electron chi connectivity index (χ4n) is 3.76. The minimum atomic E-state index is -0.258. The van der Waals surface area contributed by atoms with Gasteiger partial charge >= 0.3 is 0 Å². The molecule has 4 nitrogen and oxygen atoms in total. The Morgan fingerprint density at radius 2 is 1.86 bits per heavy atom. The summed E-state index contributed by atoms with van der Waals surface area (Å²) in [5.74, 6) is 3.18. The molecule has 0 aromatic rings. The molecule has 0 spiro atoms. The molecule has 0 aromatic heterocycles. The number of nitrogens with one attached hydrogen (secondary N) is 1. The van der Waals surface area contributed by atoms with Crippen molar-refractivity contribution in [3.8, 4) is 0 Å². The summed E-state index contributed by atoms with van der Waals surface area (Å²) in [6.07, 6.45) is 8.40. The van der Waals surface area contributed by atoms with Crippen molar-refractivity contribution in [1.29, 1.82) is 0 Å². The Morgan fingerprint density at radius 3 is 2.52 bits per heavy atom. The average Bonchev–Trinajstić information content (AvgIpc) is 2.98. The molecule has 1 aliphatic carbocycles. The van der Waals surface area contributed by atoms with Gasteiger partial charge in [-0.3, -0.25) is 14.5 Å². The molecular weight excluding hydrogens is 284 g/mol. The normalized spacial score (nSPS) is 31.9. The first kappa shape index (κ1) is 15.3. The van der Waals surface area contributed by atoms with Gasteiger partial charge in [0.25, 0.3) is 0 Å². The summed E-state index contributed by atoms with van der Waals surface area (Å²) < 4.78 is 0. The molecular formula is C16H26N2O2S. The van der Waals surface area contributed by atoms with Crippen molar-refractivity contribution >= 4 is 23.6 Å². The summed E-state index contributed by atoms with van der Waals surface area (Å²) in [4.78, 5) is 26.4. The first-order chi connectivity index (χ1) is 10.3. The molecule has 2 atom stereocenters. The second kappa shape index (κ2) is 7.14. The Balaban J connectivity index is 1.55. The fraction of sp³-hybridized carbons (Fsp3) is 0.875. The number of carbonyl (C=O) groups is 2. The molecule has 1 N–H and O–H groups in total. The van der Waals surface area contributed by atoms with Gasteiger partial charge in [0.1, 0.15) is 0 Å². The molecule has 3 aliphatic rings. The second-order valence-electron chi connectivity index (χ2n) is 6.64. The van der Waals surface area contributed by atoms with Crippen molar-refractivity contribution in [3.05, 3.63) is 0 Å². The van der Waals surface area contributed by atoms with E-state index in [2.05, 4.69) is 5.32 Å². The van der Waals surface area contributed by atoms with E-state index in [-0.39, 0.29) is 23.9 Å². The molecule has 3 rings (SSSR count). The van der Waals surface area contributed by atoms with E-state index in [1.165, 1.54) is 30.8 Å². The van der Waals surface area contributed by atoms with Crippen molar-refractivity contribution in [1.82, 2.24) is 10.2 Å². The van der Waals surface area contributed by atoms with E-state index < -0.39 is 0 Å². The average molecular weight is 310 g/mol. The molecule has 5 heteroatoms. The SMILES string of the molecule is O=C1CC(NCC2CCSC2)C(=O)N1C1CCCCCC1. The molecule has 3 fully saturated rings. The number of hydrogen-bond donors (Lipinski definition) is 1. The number of imide groups is 1. The number of nitrogens with zero attached hydrogens (tertiary/aromatic N) is 1. The monoisotopic (exact) mass is 310 g/mol. The van der Waals surface area contributed by atoms with E-state index in [0.29, 0.717) is 12.3 Å². The Bertz CT molecular complexity index is 388. The lowest BCUT2D eigenvalue weighted by Gasteiger charge is -2.25. The number of rotatable bonds is 4. The smallest absolute Gasteiger partial charge is 0.247 e. The summed E-state index contributed by atoms with van der Waals surface area (Å²) in [6, 6.07) is -0.0901. The van der Waals surface area contributed by atoms with Crippen LogP contribution in [-0.4, -0.2) is 46.8 Å². The molecule has 2 amide bonds. The zero-order chi connectivity index (χ0) is 14.7. The zero-order valence-electron chi connectivity index (χ0n) is 12.7. The lowest BCUT2D eigenvalue weighted by molar-refractivity contribution is -0.141. The summed E-state index contributed by atoms with van der Waals surface area (Å²) in [6.45, 7) is 0.884. The van der Waals surface area contributed by atoms with Crippen LogP contribution in [0.15, 0.2) is 0 Å². The van der Waals surface area contributed by atoms with Crippen LogP contribution in [0.2, 0.25) is 0 Å². The van der Waals surface area contributed by atoms with Gasteiger partial charge in [0, 0.05) is 6.04 Å². The lowest BCUT2D eigenvalue weighted by Crippen LogP contribution is -2.44. The van der Waals surface area contributed by atoms with Crippen molar-refractivity contribution in [2.24, 2.45) is 5.92 Å². The third-order valence-corrected chi connectivity index (χ3v) is 6.28. The van der Waals surface area contributed by atoms with Crippen LogP contribution >= 0.6 is 11.8 Å². The predicted molar refractivity (Wildman–Crippen MR) is 85.2 cm³/mol. The third-order valence-electron chi connectivity index (χ3n) is 5.05. The van der Waals surface area contributed by atoms with E-state index in [0.717, 1.165) is 32.2 Å². The number of thioether (sulfide) groups is 1. The molecule has 1 saturated carbocycles. The Hall–Kier alpha value is -0.550. The van der Waals surface area contributed by atoms with Crippen molar-refractivity contribution < 1.29 is 9.59 Å². The topological polar surface area (TPSA) is 49.4 Å². The highest BCUT2D eigenvalue weighted by Gasteiger charge is 2.42. The fourth-order valence-corrected chi connectivity index (χ4v) is 5.05. The molecule has 0 bridgehead atoms. The maximum Gasteiger partial charge on any atom is 0.247 e. The van der Waals surface area contributed by atoms with Gasteiger partial charge < -0.3 is 5.32 Å². The molecule has 2 aliphatic heterocycles. The summed E-state index contributed by atoms with van der Waals surface area (Å²) in [5.41, 5.74) is 0. The van der Waals surface area contributed by atoms with Gasteiger partial charge in [-0.15, -0.1) is 0 Å². The Morgan fingerprint density at radius 1 is 1.10 bits per heavy atom.